The number of anilines is 1. The Kier molecular flexibility index (Phi) is 4.42. The summed E-state index contributed by atoms with van der Waals surface area (Å²) in [6.45, 7) is 0. The fraction of sp³-hybridized carbons (Fsp3) is 0.0833. The molecule has 0 aliphatic heterocycles. The second-order valence-corrected chi connectivity index (χ2v) is 6.82. The quantitative estimate of drug-likeness (QED) is 0.844. The van der Waals surface area contributed by atoms with Crippen molar-refractivity contribution >= 4 is 39.1 Å². The molecule has 0 saturated heterocycles. The number of nitrogens with one attached hydrogen (secondary N) is 2. The van der Waals surface area contributed by atoms with Crippen LogP contribution in [0.25, 0.3) is 0 Å². The summed E-state index contributed by atoms with van der Waals surface area (Å²) in [6.07, 6.45) is 3.00. The zero-order valence-corrected chi connectivity index (χ0v) is 12.8. The summed E-state index contributed by atoms with van der Waals surface area (Å²) in [4.78, 5) is 14.2. The van der Waals surface area contributed by atoms with Crippen molar-refractivity contribution in [3.63, 3.8) is 0 Å². The minimum Gasteiger partial charge on any atom is -0.326 e. The minimum absolute atomic E-state index is 0.100. The molecule has 0 atom stereocenters. The highest BCUT2D eigenvalue weighted by Gasteiger charge is 2.16. The second-order valence-electron chi connectivity index (χ2n) is 3.85. The molecule has 2 aromatic rings. The molecule has 0 radical (unpaired) electrons. The van der Waals surface area contributed by atoms with Gasteiger partial charge in [-0.05, 0) is 30.5 Å². The normalized spacial score (nSPS) is 11.3. The van der Waals surface area contributed by atoms with E-state index in [0.717, 1.165) is 17.2 Å². The van der Waals surface area contributed by atoms with Gasteiger partial charge in [0.1, 0.15) is 9.92 Å². The number of pyridine rings is 1. The topological polar surface area (TPSA) is 79.0 Å². The minimum atomic E-state index is -3.79. The fourth-order valence-electron chi connectivity index (χ4n) is 1.49. The Morgan fingerprint density at radius 3 is 2.70 bits per heavy atom. The number of rotatable bonds is 4. The van der Waals surface area contributed by atoms with Crippen LogP contribution in [-0.2, 0) is 10.0 Å². The van der Waals surface area contributed by atoms with E-state index in [9.17, 15) is 13.2 Å². The molecule has 0 aliphatic carbocycles. The lowest BCUT2D eigenvalue weighted by Crippen LogP contribution is -2.16. The SMILES string of the molecule is CSc1cccc(NS(=O)(=O)c2c[nH]c(=O)c(Cl)c2)c1. The van der Waals surface area contributed by atoms with Crippen molar-refractivity contribution in [3.8, 4) is 0 Å². The van der Waals surface area contributed by atoms with Crippen LogP contribution in [0.4, 0.5) is 5.69 Å². The summed E-state index contributed by atoms with van der Waals surface area (Å²) in [6, 6.07) is 8.10. The summed E-state index contributed by atoms with van der Waals surface area (Å²) in [5.41, 5.74) is -0.0887. The molecule has 0 bridgehead atoms. The van der Waals surface area contributed by atoms with Crippen LogP contribution >= 0.6 is 23.4 Å². The zero-order chi connectivity index (χ0) is 14.8. The molecule has 0 spiro atoms. The molecule has 0 unspecified atom stereocenters. The van der Waals surface area contributed by atoms with E-state index in [0.29, 0.717) is 5.69 Å². The molecule has 20 heavy (non-hydrogen) atoms. The fourth-order valence-corrected chi connectivity index (χ4v) is 3.23. The maximum absolute atomic E-state index is 12.2. The monoisotopic (exact) mass is 330 g/mol. The number of hydrogen-bond donors (Lipinski definition) is 2. The number of thioether (sulfide) groups is 1. The molecule has 0 saturated carbocycles. The first-order valence-corrected chi connectivity index (χ1v) is 8.56. The Morgan fingerprint density at radius 1 is 1.30 bits per heavy atom. The number of aromatic amines is 1. The second kappa shape index (κ2) is 5.90. The molecule has 8 heteroatoms. The molecule has 106 valence electrons. The van der Waals surface area contributed by atoms with Crippen molar-refractivity contribution in [2.45, 2.75) is 9.79 Å². The van der Waals surface area contributed by atoms with Crippen molar-refractivity contribution in [2.75, 3.05) is 11.0 Å². The van der Waals surface area contributed by atoms with Crippen LogP contribution < -0.4 is 10.3 Å². The van der Waals surface area contributed by atoms with Gasteiger partial charge in [0.15, 0.2) is 0 Å². The van der Waals surface area contributed by atoms with Crippen LogP contribution in [0.1, 0.15) is 0 Å². The highest BCUT2D eigenvalue weighted by Crippen LogP contribution is 2.21. The molecule has 0 amide bonds. The van der Waals surface area contributed by atoms with Gasteiger partial charge in [-0.1, -0.05) is 17.7 Å². The van der Waals surface area contributed by atoms with Gasteiger partial charge in [0.25, 0.3) is 15.6 Å². The average molecular weight is 331 g/mol. The first-order chi connectivity index (χ1) is 9.42. The number of aromatic nitrogens is 1. The zero-order valence-electron chi connectivity index (χ0n) is 10.4. The highest BCUT2D eigenvalue weighted by molar-refractivity contribution is 7.98. The average Bonchev–Trinajstić information content (AvgIpc) is 2.41. The van der Waals surface area contributed by atoms with Gasteiger partial charge in [0.05, 0.1) is 0 Å². The van der Waals surface area contributed by atoms with Crippen molar-refractivity contribution in [2.24, 2.45) is 0 Å². The molecular formula is C12H11ClN2O3S2. The van der Waals surface area contributed by atoms with Crippen molar-refractivity contribution in [1.82, 2.24) is 4.98 Å². The van der Waals surface area contributed by atoms with Crippen LogP contribution in [0, 0.1) is 0 Å². The van der Waals surface area contributed by atoms with E-state index in [1.165, 1.54) is 11.8 Å². The van der Waals surface area contributed by atoms with Crippen LogP contribution in [0.2, 0.25) is 5.02 Å². The lowest BCUT2D eigenvalue weighted by Gasteiger charge is -2.09. The third-order valence-electron chi connectivity index (χ3n) is 2.46. The van der Waals surface area contributed by atoms with Crippen molar-refractivity contribution < 1.29 is 8.42 Å². The molecule has 5 nitrogen and oxygen atoms in total. The molecule has 1 heterocycles. The van der Waals surface area contributed by atoms with E-state index in [4.69, 9.17) is 11.6 Å². The Labute approximate surface area is 125 Å². The van der Waals surface area contributed by atoms with E-state index in [2.05, 4.69) is 9.71 Å². The molecule has 0 aliphatic rings. The maximum atomic E-state index is 12.2. The number of sulfonamides is 1. The first-order valence-electron chi connectivity index (χ1n) is 5.47. The molecule has 2 N–H and O–H groups in total. The van der Waals surface area contributed by atoms with Crippen molar-refractivity contribution in [1.29, 1.82) is 0 Å². The first kappa shape index (κ1) is 15.0. The standard InChI is InChI=1S/C12H11ClN2O3S2/c1-19-9-4-2-3-8(5-9)15-20(17,18)10-6-11(13)12(16)14-7-10/h2-7,15H,1H3,(H,14,16). The van der Waals surface area contributed by atoms with Gasteiger partial charge >= 0.3 is 0 Å². The number of hydrogen-bond acceptors (Lipinski definition) is 4. The summed E-state index contributed by atoms with van der Waals surface area (Å²) in [5, 5.41) is -0.175. The van der Waals surface area contributed by atoms with E-state index in [1.807, 2.05) is 12.3 Å². The highest BCUT2D eigenvalue weighted by atomic mass is 35.5. The lowest BCUT2D eigenvalue weighted by molar-refractivity contribution is 0.600. The summed E-state index contributed by atoms with van der Waals surface area (Å²) < 4.78 is 26.8. The summed E-state index contributed by atoms with van der Waals surface area (Å²) in [5.74, 6) is 0. The number of H-pyrrole nitrogens is 1. The summed E-state index contributed by atoms with van der Waals surface area (Å²) >= 11 is 7.14. The predicted molar refractivity (Wildman–Crippen MR) is 81.1 cm³/mol. The smallest absolute Gasteiger partial charge is 0.266 e. The number of benzene rings is 1. The van der Waals surface area contributed by atoms with Gasteiger partial charge in [-0.15, -0.1) is 11.8 Å². The van der Waals surface area contributed by atoms with Crippen LogP contribution in [0.15, 0.2) is 51.1 Å². The molecular weight excluding hydrogens is 320 g/mol. The van der Waals surface area contributed by atoms with Gasteiger partial charge in [-0.25, -0.2) is 8.42 Å². The van der Waals surface area contributed by atoms with Gasteiger partial charge in [-0.2, -0.15) is 0 Å². The van der Waals surface area contributed by atoms with E-state index >= 15 is 0 Å². The maximum Gasteiger partial charge on any atom is 0.266 e. The largest absolute Gasteiger partial charge is 0.326 e. The Bertz CT molecular complexity index is 787. The van der Waals surface area contributed by atoms with Crippen LogP contribution in [0.3, 0.4) is 0 Å². The molecule has 1 aromatic carbocycles. The molecule has 1 aromatic heterocycles. The van der Waals surface area contributed by atoms with Crippen LogP contribution in [0.5, 0.6) is 0 Å². The lowest BCUT2D eigenvalue weighted by atomic mass is 10.3. The Hall–Kier alpha value is -1.44. The van der Waals surface area contributed by atoms with Crippen molar-refractivity contribution in [3.05, 3.63) is 51.9 Å². The predicted octanol–water partition coefficient (Wildman–Crippen LogP) is 2.55. The van der Waals surface area contributed by atoms with Gasteiger partial charge in [-0.3, -0.25) is 9.52 Å². The third kappa shape index (κ3) is 3.36. The Morgan fingerprint density at radius 2 is 2.05 bits per heavy atom. The Balaban J connectivity index is 2.35. The van der Waals surface area contributed by atoms with E-state index in [1.54, 1.807) is 18.2 Å². The van der Waals surface area contributed by atoms with Gasteiger partial charge < -0.3 is 4.98 Å². The van der Waals surface area contributed by atoms with E-state index in [-0.39, 0.29) is 9.92 Å². The van der Waals surface area contributed by atoms with E-state index < -0.39 is 15.6 Å². The van der Waals surface area contributed by atoms with Gasteiger partial charge in [0.2, 0.25) is 0 Å². The molecule has 0 fully saturated rings. The summed E-state index contributed by atoms with van der Waals surface area (Å²) in [7, 11) is -3.79. The van der Waals surface area contributed by atoms with Crippen LogP contribution in [-0.4, -0.2) is 19.7 Å². The number of halogens is 1. The molecule has 2 rings (SSSR count). The third-order valence-corrected chi connectivity index (χ3v) is 4.83. The van der Waals surface area contributed by atoms with Gasteiger partial charge in [0, 0.05) is 16.8 Å².